The molecule has 0 radical (unpaired) electrons. The van der Waals surface area contributed by atoms with Gasteiger partial charge < -0.3 is 10.1 Å². The van der Waals surface area contributed by atoms with Crippen molar-refractivity contribution in [3.8, 4) is 5.75 Å². The standard InChI is InChI=1S/C21H25F3N2O2/c1-12(2)9-10-28-17-11-14(4)25-19(21(22,23)24)18(17)20(27)26-16-8-6-7-13(3)15(16)5/h6-8,11-12H,9-10H2,1-5H3,(H,26,27). The third-order valence-corrected chi connectivity index (χ3v) is 4.41. The fraction of sp³-hybridized carbons (Fsp3) is 0.429. The van der Waals surface area contributed by atoms with E-state index in [2.05, 4.69) is 10.3 Å². The van der Waals surface area contributed by atoms with Crippen molar-refractivity contribution in [3.63, 3.8) is 0 Å². The SMILES string of the molecule is Cc1cc(OCCC(C)C)c(C(=O)Nc2cccc(C)c2C)c(C(F)(F)F)n1. The van der Waals surface area contributed by atoms with Gasteiger partial charge in [-0.3, -0.25) is 4.79 Å². The number of carbonyl (C=O) groups is 1. The quantitative estimate of drug-likeness (QED) is 0.683. The largest absolute Gasteiger partial charge is 0.493 e. The molecule has 152 valence electrons. The Bertz CT molecular complexity index is 861. The topological polar surface area (TPSA) is 51.2 Å². The third-order valence-electron chi connectivity index (χ3n) is 4.41. The molecule has 0 saturated heterocycles. The zero-order valence-electron chi connectivity index (χ0n) is 16.7. The summed E-state index contributed by atoms with van der Waals surface area (Å²) in [7, 11) is 0. The predicted octanol–water partition coefficient (Wildman–Crippen LogP) is 5.70. The van der Waals surface area contributed by atoms with Gasteiger partial charge in [0.05, 0.1) is 6.61 Å². The zero-order chi connectivity index (χ0) is 21.1. The van der Waals surface area contributed by atoms with Gasteiger partial charge in [-0.25, -0.2) is 4.98 Å². The van der Waals surface area contributed by atoms with Crippen molar-refractivity contribution < 1.29 is 22.7 Å². The van der Waals surface area contributed by atoms with Crippen molar-refractivity contribution in [2.75, 3.05) is 11.9 Å². The van der Waals surface area contributed by atoms with Gasteiger partial charge in [-0.1, -0.05) is 26.0 Å². The number of benzene rings is 1. The van der Waals surface area contributed by atoms with Gasteiger partial charge >= 0.3 is 6.18 Å². The summed E-state index contributed by atoms with van der Waals surface area (Å²) < 4.78 is 46.4. The van der Waals surface area contributed by atoms with Crippen molar-refractivity contribution in [3.05, 3.63) is 52.3 Å². The molecule has 0 aliphatic carbocycles. The minimum Gasteiger partial charge on any atom is -0.493 e. The summed E-state index contributed by atoms with van der Waals surface area (Å²) in [5.41, 5.74) is 0.454. The Kier molecular flexibility index (Phi) is 6.69. The van der Waals surface area contributed by atoms with Crippen LogP contribution in [0.3, 0.4) is 0 Å². The number of pyridine rings is 1. The van der Waals surface area contributed by atoms with Crippen LogP contribution in [0.4, 0.5) is 18.9 Å². The van der Waals surface area contributed by atoms with E-state index in [0.29, 0.717) is 18.0 Å². The molecular formula is C21H25F3N2O2. The van der Waals surface area contributed by atoms with Crippen LogP contribution in [0.15, 0.2) is 24.3 Å². The maximum atomic E-state index is 13.6. The van der Waals surface area contributed by atoms with Crippen LogP contribution < -0.4 is 10.1 Å². The Morgan fingerprint density at radius 3 is 2.50 bits per heavy atom. The molecule has 0 unspecified atom stereocenters. The lowest BCUT2D eigenvalue weighted by Gasteiger charge is -2.18. The molecule has 0 aliphatic heterocycles. The van der Waals surface area contributed by atoms with E-state index in [1.54, 1.807) is 19.1 Å². The van der Waals surface area contributed by atoms with Gasteiger partial charge in [0.15, 0.2) is 5.69 Å². The summed E-state index contributed by atoms with van der Waals surface area (Å²) >= 11 is 0. The van der Waals surface area contributed by atoms with Gasteiger partial charge in [-0.05, 0) is 50.3 Å². The van der Waals surface area contributed by atoms with Gasteiger partial charge in [0.25, 0.3) is 5.91 Å². The lowest BCUT2D eigenvalue weighted by molar-refractivity contribution is -0.141. The van der Waals surface area contributed by atoms with Gasteiger partial charge in [0.2, 0.25) is 0 Å². The van der Waals surface area contributed by atoms with Gasteiger partial charge in [-0.15, -0.1) is 0 Å². The van der Waals surface area contributed by atoms with Crippen LogP contribution in [0.2, 0.25) is 0 Å². The highest BCUT2D eigenvalue weighted by Crippen LogP contribution is 2.36. The summed E-state index contributed by atoms with van der Waals surface area (Å²) in [6.07, 6.45) is -4.13. The van der Waals surface area contributed by atoms with Crippen molar-refractivity contribution in [1.29, 1.82) is 0 Å². The van der Waals surface area contributed by atoms with Crippen LogP contribution in [0.1, 0.15) is 53.1 Å². The van der Waals surface area contributed by atoms with Crippen LogP contribution in [-0.4, -0.2) is 17.5 Å². The molecule has 1 heterocycles. The predicted molar refractivity (Wildman–Crippen MR) is 103 cm³/mol. The van der Waals surface area contributed by atoms with E-state index < -0.39 is 23.3 Å². The average Bonchev–Trinajstić information content (AvgIpc) is 2.57. The van der Waals surface area contributed by atoms with Crippen molar-refractivity contribution >= 4 is 11.6 Å². The molecule has 4 nitrogen and oxygen atoms in total. The molecule has 1 amide bonds. The molecule has 1 aromatic carbocycles. The highest BCUT2D eigenvalue weighted by molar-refractivity contribution is 6.07. The van der Waals surface area contributed by atoms with Crippen molar-refractivity contribution in [1.82, 2.24) is 4.98 Å². The number of alkyl halides is 3. The van der Waals surface area contributed by atoms with Crippen LogP contribution in [0, 0.1) is 26.7 Å². The molecular weight excluding hydrogens is 369 g/mol. The Morgan fingerprint density at radius 1 is 1.21 bits per heavy atom. The number of nitrogens with one attached hydrogen (secondary N) is 1. The van der Waals surface area contributed by atoms with E-state index in [4.69, 9.17) is 4.74 Å². The fourth-order valence-corrected chi connectivity index (χ4v) is 2.66. The van der Waals surface area contributed by atoms with Gasteiger partial charge in [0.1, 0.15) is 11.3 Å². The Hall–Kier alpha value is -2.57. The molecule has 0 bridgehead atoms. The smallest absolute Gasteiger partial charge is 0.434 e. The summed E-state index contributed by atoms with van der Waals surface area (Å²) in [5, 5.41) is 2.58. The Balaban J connectivity index is 2.48. The second kappa shape index (κ2) is 8.63. The highest BCUT2D eigenvalue weighted by Gasteiger charge is 2.39. The zero-order valence-corrected chi connectivity index (χ0v) is 16.7. The van der Waals surface area contributed by atoms with E-state index in [9.17, 15) is 18.0 Å². The Labute approximate surface area is 163 Å². The number of aryl methyl sites for hydroxylation is 2. The highest BCUT2D eigenvalue weighted by atomic mass is 19.4. The second-order valence-corrected chi connectivity index (χ2v) is 7.22. The van der Waals surface area contributed by atoms with E-state index in [-0.39, 0.29) is 18.1 Å². The maximum absolute atomic E-state index is 13.6. The number of nitrogens with zero attached hydrogens (tertiary/aromatic N) is 1. The van der Waals surface area contributed by atoms with Crippen LogP contribution >= 0.6 is 0 Å². The number of carbonyl (C=O) groups excluding carboxylic acids is 1. The van der Waals surface area contributed by atoms with Gasteiger partial charge in [0, 0.05) is 17.4 Å². The molecule has 0 spiro atoms. The number of hydrogen-bond acceptors (Lipinski definition) is 3. The van der Waals surface area contributed by atoms with Crippen molar-refractivity contribution in [2.24, 2.45) is 5.92 Å². The summed E-state index contributed by atoms with van der Waals surface area (Å²) in [6.45, 7) is 9.27. The Morgan fingerprint density at radius 2 is 1.89 bits per heavy atom. The molecule has 0 fully saturated rings. The van der Waals surface area contributed by atoms with Crippen LogP contribution in [-0.2, 0) is 6.18 Å². The van der Waals surface area contributed by atoms with E-state index in [0.717, 1.165) is 11.1 Å². The number of aromatic nitrogens is 1. The molecule has 0 aliphatic rings. The first-order valence-corrected chi connectivity index (χ1v) is 9.10. The molecule has 7 heteroatoms. The molecule has 0 atom stereocenters. The number of halogens is 3. The molecule has 0 saturated carbocycles. The number of rotatable bonds is 6. The van der Waals surface area contributed by atoms with E-state index >= 15 is 0 Å². The molecule has 28 heavy (non-hydrogen) atoms. The minimum atomic E-state index is -4.78. The first-order valence-electron chi connectivity index (χ1n) is 9.10. The average molecular weight is 394 g/mol. The number of amides is 1. The number of anilines is 1. The number of ether oxygens (including phenoxy) is 1. The number of hydrogen-bond donors (Lipinski definition) is 1. The van der Waals surface area contributed by atoms with Gasteiger partial charge in [-0.2, -0.15) is 13.2 Å². The maximum Gasteiger partial charge on any atom is 0.434 e. The van der Waals surface area contributed by atoms with Crippen LogP contribution in [0.25, 0.3) is 0 Å². The lowest BCUT2D eigenvalue weighted by atomic mass is 10.1. The summed E-state index contributed by atoms with van der Waals surface area (Å²) in [5.74, 6) is -0.686. The molecule has 1 aromatic heterocycles. The second-order valence-electron chi connectivity index (χ2n) is 7.22. The minimum absolute atomic E-state index is 0.108. The summed E-state index contributed by atoms with van der Waals surface area (Å²) in [4.78, 5) is 16.4. The molecule has 1 N–H and O–H groups in total. The van der Waals surface area contributed by atoms with Crippen molar-refractivity contribution in [2.45, 2.75) is 47.2 Å². The normalized spacial score (nSPS) is 11.6. The lowest BCUT2D eigenvalue weighted by Crippen LogP contribution is -2.23. The van der Waals surface area contributed by atoms with E-state index in [1.807, 2.05) is 26.8 Å². The van der Waals surface area contributed by atoms with E-state index in [1.165, 1.54) is 13.0 Å². The fourth-order valence-electron chi connectivity index (χ4n) is 2.66. The molecule has 2 rings (SSSR count). The molecule has 2 aromatic rings. The first kappa shape index (κ1) is 21.7. The van der Waals surface area contributed by atoms with Crippen LogP contribution in [0.5, 0.6) is 5.75 Å². The first-order chi connectivity index (χ1) is 13.0. The summed E-state index contributed by atoms with van der Waals surface area (Å²) in [6, 6.07) is 6.61. The third kappa shape index (κ3) is 5.24. The monoisotopic (exact) mass is 394 g/mol.